The van der Waals surface area contributed by atoms with E-state index in [1.807, 2.05) is 18.2 Å². The minimum absolute atomic E-state index is 0.734. The second-order valence-corrected chi connectivity index (χ2v) is 6.31. The highest BCUT2D eigenvalue weighted by Crippen LogP contribution is 2.27. The molecule has 124 valence electrons. The highest BCUT2D eigenvalue weighted by molar-refractivity contribution is 7.99. The van der Waals surface area contributed by atoms with Crippen molar-refractivity contribution >= 4 is 17.7 Å². The third kappa shape index (κ3) is 4.04. The van der Waals surface area contributed by atoms with Gasteiger partial charge in [0.2, 0.25) is 5.95 Å². The molecule has 0 amide bonds. The average Bonchev–Trinajstić information content (AvgIpc) is 3.04. The molecular formula is C16H22N4O2S. The van der Waals surface area contributed by atoms with Crippen LogP contribution in [-0.2, 0) is 9.47 Å². The first-order valence-corrected chi connectivity index (χ1v) is 8.84. The van der Waals surface area contributed by atoms with Gasteiger partial charge in [0.15, 0.2) is 5.16 Å². The first-order valence-electron chi connectivity index (χ1n) is 7.85. The van der Waals surface area contributed by atoms with Gasteiger partial charge in [0.05, 0.1) is 18.9 Å². The van der Waals surface area contributed by atoms with Gasteiger partial charge in [0, 0.05) is 32.6 Å². The number of methoxy groups -OCH3 is 1. The van der Waals surface area contributed by atoms with Crippen LogP contribution in [0.2, 0.25) is 0 Å². The number of nitrogens with zero attached hydrogens (tertiary/aromatic N) is 4. The Kier molecular flexibility index (Phi) is 5.90. The minimum Gasteiger partial charge on any atom is -0.385 e. The predicted octanol–water partition coefficient (Wildman–Crippen LogP) is 2.23. The number of rotatable bonds is 7. The minimum atomic E-state index is 0.734. The normalized spacial score (nSPS) is 15.1. The molecule has 1 aromatic carbocycles. The van der Waals surface area contributed by atoms with Gasteiger partial charge in [-0.15, -0.1) is 10.2 Å². The molecule has 0 radical (unpaired) electrons. The van der Waals surface area contributed by atoms with Crippen LogP contribution in [0.15, 0.2) is 35.5 Å². The first-order chi connectivity index (χ1) is 11.4. The van der Waals surface area contributed by atoms with E-state index in [-0.39, 0.29) is 0 Å². The molecule has 0 aliphatic carbocycles. The monoisotopic (exact) mass is 334 g/mol. The Morgan fingerprint density at radius 3 is 2.70 bits per heavy atom. The van der Waals surface area contributed by atoms with Crippen molar-refractivity contribution < 1.29 is 9.47 Å². The fraction of sp³-hybridized carbons (Fsp3) is 0.500. The Labute approximate surface area is 140 Å². The zero-order valence-corrected chi connectivity index (χ0v) is 14.2. The van der Waals surface area contributed by atoms with Crippen LogP contribution in [0.4, 0.5) is 5.95 Å². The van der Waals surface area contributed by atoms with Crippen molar-refractivity contribution in [2.75, 3.05) is 50.7 Å². The van der Waals surface area contributed by atoms with E-state index in [0.29, 0.717) is 0 Å². The smallest absolute Gasteiger partial charge is 0.232 e. The second kappa shape index (κ2) is 8.33. The highest BCUT2D eigenvalue weighted by atomic mass is 32.2. The van der Waals surface area contributed by atoms with Gasteiger partial charge in [-0.1, -0.05) is 30.0 Å². The van der Waals surface area contributed by atoms with Gasteiger partial charge in [0.1, 0.15) is 0 Å². The molecular weight excluding hydrogens is 312 g/mol. The summed E-state index contributed by atoms with van der Waals surface area (Å²) in [6.07, 6.45) is 0.996. The number of para-hydroxylation sites is 1. The molecule has 1 fully saturated rings. The van der Waals surface area contributed by atoms with Crippen molar-refractivity contribution in [3.05, 3.63) is 30.3 Å². The van der Waals surface area contributed by atoms with Gasteiger partial charge < -0.3 is 14.4 Å². The van der Waals surface area contributed by atoms with Crippen molar-refractivity contribution in [2.24, 2.45) is 0 Å². The maximum atomic E-state index is 5.45. The average molecular weight is 334 g/mol. The summed E-state index contributed by atoms with van der Waals surface area (Å²) in [5.74, 6) is 1.86. The van der Waals surface area contributed by atoms with Gasteiger partial charge in [-0.05, 0) is 18.6 Å². The Morgan fingerprint density at radius 1 is 1.17 bits per heavy atom. The zero-order chi connectivity index (χ0) is 15.9. The number of thioether (sulfide) groups is 1. The van der Waals surface area contributed by atoms with E-state index in [9.17, 15) is 0 Å². The number of ether oxygens (including phenoxy) is 2. The molecule has 1 aromatic heterocycles. The molecule has 2 heterocycles. The van der Waals surface area contributed by atoms with Crippen molar-refractivity contribution in [1.82, 2.24) is 14.8 Å². The predicted molar refractivity (Wildman–Crippen MR) is 91.6 cm³/mol. The van der Waals surface area contributed by atoms with Crippen LogP contribution in [0.25, 0.3) is 5.69 Å². The number of hydrogen-bond acceptors (Lipinski definition) is 6. The molecule has 2 aromatic rings. The molecule has 0 N–H and O–H groups in total. The van der Waals surface area contributed by atoms with E-state index in [4.69, 9.17) is 9.47 Å². The lowest BCUT2D eigenvalue weighted by Crippen LogP contribution is -2.37. The molecule has 3 rings (SSSR count). The van der Waals surface area contributed by atoms with E-state index in [2.05, 4.69) is 31.8 Å². The van der Waals surface area contributed by atoms with Gasteiger partial charge in [-0.3, -0.25) is 4.57 Å². The summed E-state index contributed by atoms with van der Waals surface area (Å²) in [6.45, 7) is 3.93. The Balaban J connectivity index is 1.85. The quantitative estimate of drug-likeness (QED) is 0.572. The van der Waals surface area contributed by atoms with Gasteiger partial charge in [0.25, 0.3) is 0 Å². The van der Waals surface area contributed by atoms with E-state index in [1.54, 1.807) is 18.9 Å². The molecule has 1 aliphatic rings. The molecule has 1 saturated heterocycles. The van der Waals surface area contributed by atoms with Gasteiger partial charge >= 0.3 is 0 Å². The maximum Gasteiger partial charge on any atom is 0.232 e. The van der Waals surface area contributed by atoms with Crippen LogP contribution >= 0.6 is 11.8 Å². The maximum absolute atomic E-state index is 5.45. The number of benzene rings is 1. The van der Waals surface area contributed by atoms with Crippen molar-refractivity contribution in [3.63, 3.8) is 0 Å². The largest absolute Gasteiger partial charge is 0.385 e. The Hall–Kier alpha value is -1.57. The third-order valence-electron chi connectivity index (χ3n) is 3.65. The van der Waals surface area contributed by atoms with E-state index in [0.717, 1.165) is 61.9 Å². The Bertz CT molecular complexity index is 599. The van der Waals surface area contributed by atoms with E-state index in [1.165, 1.54) is 0 Å². The summed E-state index contributed by atoms with van der Waals surface area (Å²) < 4.78 is 12.7. The van der Waals surface area contributed by atoms with Gasteiger partial charge in [-0.25, -0.2) is 0 Å². The third-order valence-corrected chi connectivity index (χ3v) is 4.66. The van der Waals surface area contributed by atoms with Crippen molar-refractivity contribution in [2.45, 2.75) is 11.6 Å². The van der Waals surface area contributed by atoms with E-state index < -0.39 is 0 Å². The lowest BCUT2D eigenvalue weighted by Gasteiger charge is -2.27. The van der Waals surface area contributed by atoms with E-state index >= 15 is 0 Å². The van der Waals surface area contributed by atoms with Crippen molar-refractivity contribution in [3.8, 4) is 5.69 Å². The molecule has 0 spiro atoms. The molecule has 0 atom stereocenters. The van der Waals surface area contributed by atoms with Crippen LogP contribution in [0.1, 0.15) is 6.42 Å². The SMILES string of the molecule is COCCCSc1nnc(N2CCOCC2)n1-c1ccccc1. The first kappa shape index (κ1) is 16.3. The fourth-order valence-corrected chi connectivity index (χ4v) is 3.35. The highest BCUT2D eigenvalue weighted by Gasteiger charge is 2.21. The standard InChI is InChI=1S/C16H22N4O2S/c1-21-10-5-13-23-16-18-17-15(19-8-11-22-12-9-19)20(16)14-6-3-2-4-7-14/h2-4,6-7H,5,8-13H2,1H3. The van der Waals surface area contributed by atoms with Crippen LogP contribution in [0, 0.1) is 0 Å². The van der Waals surface area contributed by atoms with Crippen LogP contribution in [0.5, 0.6) is 0 Å². The van der Waals surface area contributed by atoms with Crippen LogP contribution < -0.4 is 4.90 Å². The molecule has 1 aliphatic heterocycles. The summed E-state index contributed by atoms with van der Waals surface area (Å²) in [5.41, 5.74) is 1.09. The number of hydrogen-bond donors (Lipinski definition) is 0. The summed E-state index contributed by atoms with van der Waals surface area (Å²) >= 11 is 1.72. The molecule has 6 nitrogen and oxygen atoms in total. The lowest BCUT2D eigenvalue weighted by atomic mass is 10.3. The summed E-state index contributed by atoms with van der Waals surface area (Å²) in [5, 5.41) is 9.79. The van der Waals surface area contributed by atoms with Gasteiger partial charge in [-0.2, -0.15) is 0 Å². The molecule has 0 unspecified atom stereocenters. The van der Waals surface area contributed by atoms with Crippen LogP contribution in [-0.4, -0.2) is 60.5 Å². The topological polar surface area (TPSA) is 52.4 Å². The number of anilines is 1. The molecule has 23 heavy (non-hydrogen) atoms. The molecule has 0 bridgehead atoms. The second-order valence-electron chi connectivity index (χ2n) is 5.25. The molecule has 7 heteroatoms. The summed E-state index contributed by atoms with van der Waals surface area (Å²) in [4.78, 5) is 2.24. The Morgan fingerprint density at radius 2 is 1.96 bits per heavy atom. The summed E-state index contributed by atoms with van der Waals surface area (Å²) in [7, 11) is 1.73. The lowest BCUT2D eigenvalue weighted by molar-refractivity contribution is 0.122. The molecule has 0 saturated carbocycles. The van der Waals surface area contributed by atoms with Crippen LogP contribution in [0.3, 0.4) is 0 Å². The number of morpholine rings is 1. The zero-order valence-electron chi connectivity index (χ0n) is 13.4. The number of aromatic nitrogens is 3. The summed E-state index contributed by atoms with van der Waals surface area (Å²) in [6, 6.07) is 10.3. The fourth-order valence-electron chi connectivity index (χ4n) is 2.49. The van der Waals surface area contributed by atoms with Crippen molar-refractivity contribution in [1.29, 1.82) is 0 Å².